The van der Waals surface area contributed by atoms with Crippen LogP contribution in [-0.2, 0) is 7.05 Å². The van der Waals surface area contributed by atoms with E-state index in [1.165, 1.54) is 0 Å². The van der Waals surface area contributed by atoms with E-state index < -0.39 is 0 Å². The van der Waals surface area contributed by atoms with Gasteiger partial charge in [0.05, 0.1) is 0 Å². The zero-order valence-corrected chi connectivity index (χ0v) is 9.47. The largest absolute Gasteiger partial charge is 0.340 e. The second-order valence-corrected chi connectivity index (χ2v) is 3.87. The van der Waals surface area contributed by atoms with Crippen LogP contribution in [0.3, 0.4) is 0 Å². The number of aryl methyl sites for hydroxylation is 1. The SMILES string of the molecule is CC(N)CCN(C)C(=O)c1ccn(C)n1. The molecule has 2 N–H and O–H groups in total. The normalized spacial score (nSPS) is 12.5. The fraction of sp³-hybridized carbons (Fsp3) is 0.600. The highest BCUT2D eigenvalue weighted by Crippen LogP contribution is 2.01. The van der Waals surface area contributed by atoms with Gasteiger partial charge in [-0.25, -0.2) is 0 Å². The first-order valence-electron chi connectivity index (χ1n) is 5.01. The molecule has 15 heavy (non-hydrogen) atoms. The maximum atomic E-state index is 11.8. The highest BCUT2D eigenvalue weighted by Gasteiger charge is 2.14. The van der Waals surface area contributed by atoms with E-state index in [2.05, 4.69) is 5.10 Å². The number of hydrogen-bond acceptors (Lipinski definition) is 3. The number of amides is 1. The van der Waals surface area contributed by atoms with E-state index in [-0.39, 0.29) is 11.9 Å². The molecule has 1 unspecified atom stereocenters. The van der Waals surface area contributed by atoms with Crippen LogP contribution in [0.5, 0.6) is 0 Å². The van der Waals surface area contributed by atoms with Gasteiger partial charge in [-0.05, 0) is 19.4 Å². The minimum atomic E-state index is -0.0590. The van der Waals surface area contributed by atoms with Crippen LogP contribution in [-0.4, -0.2) is 40.2 Å². The average molecular weight is 210 g/mol. The molecule has 1 atom stereocenters. The molecule has 5 nitrogen and oxygen atoms in total. The maximum absolute atomic E-state index is 11.8. The predicted octanol–water partition coefficient (Wildman–Crippen LogP) is 0.229. The lowest BCUT2D eigenvalue weighted by atomic mass is 10.2. The van der Waals surface area contributed by atoms with Crippen molar-refractivity contribution in [2.45, 2.75) is 19.4 Å². The zero-order chi connectivity index (χ0) is 11.4. The lowest BCUT2D eigenvalue weighted by Crippen LogP contribution is -2.31. The number of nitrogens with two attached hydrogens (primary N) is 1. The Balaban J connectivity index is 2.53. The van der Waals surface area contributed by atoms with Gasteiger partial charge < -0.3 is 10.6 Å². The molecule has 1 rings (SSSR count). The molecule has 0 bridgehead atoms. The van der Waals surface area contributed by atoms with Crippen molar-refractivity contribution in [2.24, 2.45) is 12.8 Å². The fourth-order valence-electron chi connectivity index (χ4n) is 1.22. The van der Waals surface area contributed by atoms with Crippen LogP contribution < -0.4 is 5.73 Å². The second-order valence-electron chi connectivity index (χ2n) is 3.87. The molecule has 0 radical (unpaired) electrons. The molecule has 84 valence electrons. The molecule has 1 heterocycles. The van der Waals surface area contributed by atoms with E-state index in [0.29, 0.717) is 12.2 Å². The van der Waals surface area contributed by atoms with Gasteiger partial charge in [-0.1, -0.05) is 0 Å². The standard InChI is InChI=1S/C10H18N4O/c1-8(11)4-6-13(2)10(15)9-5-7-14(3)12-9/h5,7-8H,4,6,11H2,1-3H3. The Labute approximate surface area is 89.9 Å². The van der Waals surface area contributed by atoms with Crippen molar-refractivity contribution in [1.29, 1.82) is 0 Å². The van der Waals surface area contributed by atoms with Crippen LogP contribution in [0, 0.1) is 0 Å². The summed E-state index contributed by atoms with van der Waals surface area (Å²) in [5.41, 5.74) is 6.10. The van der Waals surface area contributed by atoms with Gasteiger partial charge in [0.1, 0.15) is 5.69 Å². The summed E-state index contributed by atoms with van der Waals surface area (Å²) in [6.45, 7) is 2.59. The zero-order valence-electron chi connectivity index (χ0n) is 9.47. The number of carbonyl (C=O) groups is 1. The first-order chi connectivity index (χ1) is 7.00. The average Bonchev–Trinajstić information content (AvgIpc) is 2.60. The Morgan fingerprint density at radius 3 is 2.87 bits per heavy atom. The topological polar surface area (TPSA) is 64.2 Å². The summed E-state index contributed by atoms with van der Waals surface area (Å²) in [6, 6.07) is 1.83. The Morgan fingerprint density at radius 2 is 2.40 bits per heavy atom. The highest BCUT2D eigenvalue weighted by atomic mass is 16.2. The number of rotatable bonds is 4. The smallest absolute Gasteiger partial charge is 0.274 e. The van der Waals surface area contributed by atoms with Crippen molar-refractivity contribution in [1.82, 2.24) is 14.7 Å². The summed E-state index contributed by atoms with van der Waals surface area (Å²) in [5, 5.41) is 4.05. The number of hydrogen-bond donors (Lipinski definition) is 1. The Morgan fingerprint density at radius 1 is 1.73 bits per heavy atom. The molecular formula is C10H18N4O. The first kappa shape index (κ1) is 11.7. The summed E-state index contributed by atoms with van der Waals surface area (Å²) >= 11 is 0. The molecule has 0 aromatic carbocycles. The van der Waals surface area contributed by atoms with E-state index in [4.69, 9.17) is 5.73 Å². The van der Waals surface area contributed by atoms with E-state index in [1.54, 1.807) is 35.9 Å². The van der Waals surface area contributed by atoms with Crippen molar-refractivity contribution in [3.8, 4) is 0 Å². The molecule has 1 aromatic rings. The van der Waals surface area contributed by atoms with Crippen molar-refractivity contribution in [2.75, 3.05) is 13.6 Å². The van der Waals surface area contributed by atoms with Gasteiger partial charge in [0.15, 0.2) is 0 Å². The fourth-order valence-corrected chi connectivity index (χ4v) is 1.22. The molecular weight excluding hydrogens is 192 g/mol. The highest BCUT2D eigenvalue weighted by molar-refractivity contribution is 5.91. The molecule has 1 aromatic heterocycles. The van der Waals surface area contributed by atoms with Crippen molar-refractivity contribution < 1.29 is 4.79 Å². The van der Waals surface area contributed by atoms with Crippen molar-refractivity contribution in [3.05, 3.63) is 18.0 Å². The third kappa shape index (κ3) is 3.36. The summed E-state index contributed by atoms with van der Waals surface area (Å²) in [7, 11) is 3.55. The number of aromatic nitrogens is 2. The van der Waals surface area contributed by atoms with Crippen LogP contribution >= 0.6 is 0 Å². The van der Waals surface area contributed by atoms with Gasteiger partial charge in [0.2, 0.25) is 0 Å². The van der Waals surface area contributed by atoms with Gasteiger partial charge in [0.25, 0.3) is 5.91 Å². The minimum absolute atomic E-state index is 0.0590. The molecule has 0 aliphatic carbocycles. The number of nitrogens with zero attached hydrogens (tertiary/aromatic N) is 3. The molecule has 5 heteroatoms. The van der Waals surface area contributed by atoms with Gasteiger partial charge in [-0.15, -0.1) is 0 Å². The van der Waals surface area contributed by atoms with E-state index in [9.17, 15) is 4.79 Å². The third-order valence-electron chi connectivity index (χ3n) is 2.20. The number of carbonyl (C=O) groups excluding carboxylic acids is 1. The monoisotopic (exact) mass is 210 g/mol. The van der Waals surface area contributed by atoms with Gasteiger partial charge in [-0.2, -0.15) is 5.10 Å². The summed E-state index contributed by atoms with van der Waals surface area (Å²) in [5.74, 6) is -0.0590. The van der Waals surface area contributed by atoms with E-state index in [1.807, 2.05) is 6.92 Å². The molecule has 0 saturated carbocycles. The molecule has 0 aliphatic rings. The lowest BCUT2D eigenvalue weighted by molar-refractivity contribution is 0.0785. The minimum Gasteiger partial charge on any atom is -0.340 e. The lowest BCUT2D eigenvalue weighted by Gasteiger charge is -2.16. The summed E-state index contributed by atoms with van der Waals surface area (Å²) in [6.07, 6.45) is 2.56. The van der Waals surface area contributed by atoms with Gasteiger partial charge in [0, 0.05) is 32.9 Å². The summed E-state index contributed by atoms with van der Waals surface area (Å²) in [4.78, 5) is 13.4. The molecule has 1 amide bonds. The Kier molecular flexibility index (Phi) is 3.85. The van der Waals surface area contributed by atoms with E-state index >= 15 is 0 Å². The van der Waals surface area contributed by atoms with Crippen LogP contribution in [0.2, 0.25) is 0 Å². The van der Waals surface area contributed by atoms with Crippen LogP contribution in [0.1, 0.15) is 23.8 Å². The predicted molar refractivity (Wildman–Crippen MR) is 58.4 cm³/mol. The Hall–Kier alpha value is -1.36. The quantitative estimate of drug-likeness (QED) is 0.773. The van der Waals surface area contributed by atoms with E-state index in [0.717, 1.165) is 6.42 Å². The van der Waals surface area contributed by atoms with Crippen LogP contribution in [0.15, 0.2) is 12.3 Å². The van der Waals surface area contributed by atoms with Gasteiger partial charge in [-0.3, -0.25) is 9.48 Å². The molecule has 0 aliphatic heterocycles. The first-order valence-corrected chi connectivity index (χ1v) is 5.01. The van der Waals surface area contributed by atoms with Crippen LogP contribution in [0.4, 0.5) is 0 Å². The third-order valence-corrected chi connectivity index (χ3v) is 2.20. The molecule has 0 spiro atoms. The maximum Gasteiger partial charge on any atom is 0.274 e. The summed E-state index contributed by atoms with van der Waals surface area (Å²) < 4.78 is 1.62. The second kappa shape index (κ2) is 4.93. The van der Waals surface area contributed by atoms with Gasteiger partial charge >= 0.3 is 0 Å². The van der Waals surface area contributed by atoms with Crippen LogP contribution in [0.25, 0.3) is 0 Å². The Bertz CT molecular complexity index is 332. The molecule has 0 saturated heterocycles. The molecule has 0 fully saturated rings. The van der Waals surface area contributed by atoms with Crippen molar-refractivity contribution >= 4 is 5.91 Å². The van der Waals surface area contributed by atoms with Crippen molar-refractivity contribution in [3.63, 3.8) is 0 Å².